The standard InChI is InChI=1S/C20H16N4O4S/c1-27-14-6-7-15-16(10-14)29-20(23-15)24-17(25)11-28-19(26)13-4-2-12(3-5-13)18-21-8-9-22-18/h2-10H,11H2,1H3,(H,21,22)(H,23,24,25). The van der Waals surface area contributed by atoms with Crippen LogP contribution in [0.15, 0.2) is 54.9 Å². The van der Waals surface area contributed by atoms with E-state index in [1.54, 1.807) is 49.8 Å². The molecule has 2 N–H and O–H groups in total. The molecule has 0 aliphatic heterocycles. The molecule has 146 valence electrons. The fraction of sp³-hybridized carbons (Fsp3) is 0.100. The van der Waals surface area contributed by atoms with Crippen LogP contribution in [0.1, 0.15) is 10.4 Å². The zero-order chi connectivity index (χ0) is 20.2. The van der Waals surface area contributed by atoms with Gasteiger partial charge >= 0.3 is 5.97 Å². The number of fused-ring (bicyclic) bond motifs is 1. The third-order valence-electron chi connectivity index (χ3n) is 4.07. The molecule has 0 saturated carbocycles. The highest BCUT2D eigenvalue weighted by Gasteiger charge is 2.13. The van der Waals surface area contributed by atoms with Gasteiger partial charge < -0.3 is 14.5 Å². The first-order valence-corrected chi connectivity index (χ1v) is 9.45. The summed E-state index contributed by atoms with van der Waals surface area (Å²) in [4.78, 5) is 35.7. The lowest BCUT2D eigenvalue weighted by atomic mass is 10.1. The molecule has 2 aromatic heterocycles. The molecule has 0 radical (unpaired) electrons. The van der Waals surface area contributed by atoms with Crippen molar-refractivity contribution in [3.63, 3.8) is 0 Å². The molecule has 0 saturated heterocycles. The van der Waals surface area contributed by atoms with Gasteiger partial charge in [-0.15, -0.1) is 0 Å². The minimum absolute atomic E-state index is 0.347. The van der Waals surface area contributed by atoms with E-state index in [1.165, 1.54) is 11.3 Å². The Morgan fingerprint density at radius 1 is 1.17 bits per heavy atom. The Balaban J connectivity index is 1.33. The lowest BCUT2D eigenvalue weighted by Crippen LogP contribution is -2.20. The molecule has 0 atom stereocenters. The van der Waals surface area contributed by atoms with E-state index in [2.05, 4.69) is 20.3 Å². The summed E-state index contributed by atoms with van der Waals surface area (Å²) in [6.07, 6.45) is 3.37. The van der Waals surface area contributed by atoms with Gasteiger partial charge in [-0.3, -0.25) is 10.1 Å². The smallest absolute Gasteiger partial charge is 0.338 e. The zero-order valence-electron chi connectivity index (χ0n) is 15.3. The monoisotopic (exact) mass is 408 g/mol. The average molecular weight is 408 g/mol. The van der Waals surface area contributed by atoms with Crippen molar-refractivity contribution in [2.45, 2.75) is 0 Å². The number of amides is 1. The number of anilines is 1. The lowest BCUT2D eigenvalue weighted by molar-refractivity contribution is -0.119. The Bertz CT molecular complexity index is 1150. The van der Waals surface area contributed by atoms with E-state index in [0.717, 1.165) is 15.8 Å². The van der Waals surface area contributed by atoms with Crippen molar-refractivity contribution in [3.8, 4) is 17.1 Å². The molecular formula is C20H16N4O4S. The molecule has 0 fully saturated rings. The summed E-state index contributed by atoms with van der Waals surface area (Å²) >= 11 is 1.31. The number of ether oxygens (including phenoxy) is 2. The number of imidazole rings is 1. The summed E-state index contributed by atoms with van der Waals surface area (Å²) in [6, 6.07) is 12.2. The van der Waals surface area contributed by atoms with Crippen molar-refractivity contribution in [1.82, 2.24) is 15.0 Å². The summed E-state index contributed by atoms with van der Waals surface area (Å²) in [5.74, 6) is 0.375. The Kier molecular flexibility index (Phi) is 5.21. The van der Waals surface area contributed by atoms with Gasteiger partial charge in [-0.1, -0.05) is 23.5 Å². The third-order valence-corrected chi connectivity index (χ3v) is 5.00. The van der Waals surface area contributed by atoms with Crippen LogP contribution >= 0.6 is 11.3 Å². The molecule has 2 heterocycles. The van der Waals surface area contributed by atoms with Crippen LogP contribution in [-0.2, 0) is 9.53 Å². The van der Waals surface area contributed by atoms with Gasteiger partial charge in [-0.2, -0.15) is 0 Å². The number of nitrogens with zero attached hydrogens (tertiary/aromatic N) is 2. The van der Waals surface area contributed by atoms with E-state index in [0.29, 0.717) is 22.3 Å². The van der Waals surface area contributed by atoms with E-state index in [-0.39, 0.29) is 0 Å². The van der Waals surface area contributed by atoms with Crippen molar-refractivity contribution < 1.29 is 19.1 Å². The average Bonchev–Trinajstić information content (AvgIpc) is 3.41. The van der Waals surface area contributed by atoms with Gasteiger partial charge in [0.1, 0.15) is 11.6 Å². The second kappa shape index (κ2) is 8.11. The highest BCUT2D eigenvalue weighted by Crippen LogP contribution is 2.29. The van der Waals surface area contributed by atoms with Gasteiger partial charge in [0.05, 0.1) is 22.9 Å². The van der Waals surface area contributed by atoms with Gasteiger partial charge in [0.25, 0.3) is 5.91 Å². The predicted octanol–water partition coefficient (Wildman–Crippen LogP) is 3.49. The number of aromatic nitrogens is 3. The second-order valence-electron chi connectivity index (χ2n) is 5.99. The Morgan fingerprint density at radius 2 is 2.00 bits per heavy atom. The zero-order valence-corrected chi connectivity index (χ0v) is 16.2. The highest BCUT2D eigenvalue weighted by molar-refractivity contribution is 7.22. The van der Waals surface area contributed by atoms with Crippen molar-refractivity contribution in [2.24, 2.45) is 0 Å². The maximum Gasteiger partial charge on any atom is 0.338 e. The number of methoxy groups -OCH3 is 1. The molecule has 0 aliphatic carbocycles. The van der Waals surface area contributed by atoms with Crippen molar-refractivity contribution >= 4 is 38.6 Å². The summed E-state index contributed by atoms with van der Waals surface area (Å²) < 4.78 is 11.1. The van der Waals surface area contributed by atoms with Crippen molar-refractivity contribution in [1.29, 1.82) is 0 Å². The summed E-state index contributed by atoms with van der Waals surface area (Å²) in [7, 11) is 1.59. The molecule has 29 heavy (non-hydrogen) atoms. The van der Waals surface area contributed by atoms with Gasteiger partial charge in [0.15, 0.2) is 11.7 Å². The Morgan fingerprint density at radius 3 is 2.72 bits per heavy atom. The Labute approximate surface area is 169 Å². The van der Waals surface area contributed by atoms with Crippen LogP contribution in [0.3, 0.4) is 0 Å². The van der Waals surface area contributed by atoms with Crippen molar-refractivity contribution in [2.75, 3.05) is 19.0 Å². The predicted molar refractivity (Wildman–Crippen MR) is 109 cm³/mol. The van der Waals surface area contributed by atoms with E-state index >= 15 is 0 Å². The van der Waals surface area contributed by atoms with Crippen LogP contribution in [-0.4, -0.2) is 40.5 Å². The number of nitrogens with one attached hydrogen (secondary N) is 2. The molecule has 0 unspecified atom stereocenters. The van der Waals surface area contributed by atoms with E-state index < -0.39 is 18.5 Å². The molecule has 4 rings (SSSR count). The van der Waals surface area contributed by atoms with E-state index in [1.807, 2.05) is 12.1 Å². The lowest BCUT2D eigenvalue weighted by Gasteiger charge is -2.05. The number of hydrogen-bond acceptors (Lipinski definition) is 7. The summed E-state index contributed by atoms with van der Waals surface area (Å²) in [5, 5.41) is 3.07. The minimum atomic E-state index is -0.583. The molecule has 2 aromatic carbocycles. The largest absolute Gasteiger partial charge is 0.497 e. The van der Waals surface area contributed by atoms with Crippen LogP contribution in [0, 0.1) is 0 Å². The van der Waals surface area contributed by atoms with Gasteiger partial charge in [-0.05, 0) is 30.3 Å². The first-order chi connectivity index (χ1) is 14.1. The topological polar surface area (TPSA) is 106 Å². The number of carbonyl (C=O) groups is 2. The number of hydrogen-bond donors (Lipinski definition) is 2. The highest BCUT2D eigenvalue weighted by atomic mass is 32.1. The maximum absolute atomic E-state index is 12.2. The van der Waals surface area contributed by atoms with Gasteiger partial charge in [-0.25, -0.2) is 14.8 Å². The van der Waals surface area contributed by atoms with Gasteiger partial charge in [0.2, 0.25) is 0 Å². The van der Waals surface area contributed by atoms with Gasteiger partial charge in [0, 0.05) is 18.0 Å². The minimum Gasteiger partial charge on any atom is -0.497 e. The fourth-order valence-corrected chi connectivity index (χ4v) is 3.55. The van der Waals surface area contributed by atoms with Crippen LogP contribution < -0.4 is 10.1 Å². The van der Waals surface area contributed by atoms with Crippen LogP contribution in [0.2, 0.25) is 0 Å². The SMILES string of the molecule is COc1ccc2nc(NC(=O)COC(=O)c3ccc(-c4ncc[nH]4)cc3)sc2c1. The fourth-order valence-electron chi connectivity index (χ4n) is 2.64. The van der Waals surface area contributed by atoms with E-state index in [4.69, 9.17) is 9.47 Å². The summed E-state index contributed by atoms with van der Waals surface area (Å²) in [6.45, 7) is -0.405. The number of esters is 1. The molecule has 8 nitrogen and oxygen atoms in total. The van der Waals surface area contributed by atoms with Crippen molar-refractivity contribution in [3.05, 3.63) is 60.4 Å². The van der Waals surface area contributed by atoms with E-state index in [9.17, 15) is 9.59 Å². The quantitative estimate of drug-likeness (QED) is 0.473. The number of benzene rings is 2. The molecule has 1 amide bonds. The van der Waals surface area contributed by atoms with Crippen LogP contribution in [0.4, 0.5) is 5.13 Å². The first-order valence-electron chi connectivity index (χ1n) is 8.64. The Hall–Kier alpha value is -3.72. The molecule has 0 aliphatic rings. The molecular weight excluding hydrogens is 392 g/mol. The van der Waals surface area contributed by atoms with Crippen LogP contribution in [0.5, 0.6) is 5.75 Å². The number of rotatable bonds is 6. The molecule has 9 heteroatoms. The normalized spacial score (nSPS) is 10.7. The molecule has 4 aromatic rings. The maximum atomic E-state index is 12.2. The van der Waals surface area contributed by atoms with Crippen LogP contribution in [0.25, 0.3) is 21.6 Å². The number of carbonyl (C=O) groups excluding carboxylic acids is 2. The third kappa shape index (κ3) is 4.25. The first kappa shape index (κ1) is 18.6. The molecule has 0 bridgehead atoms. The number of thiazole rings is 1. The second-order valence-corrected chi connectivity index (χ2v) is 7.02. The molecule has 0 spiro atoms. The number of H-pyrrole nitrogens is 1. The number of aromatic amines is 1. The summed E-state index contributed by atoms with van der Waals surface area (Å²) in [5.41, 5.74) is 1.94.